The van der Waals surface area contributed by atoms with Crippen LogP contribution in [0.25, 0.3) is 28.2 Å². The summed E-state index contributed by atoms with van der Waals surface area (Å²) in [6.45, 7) is 10.0. The van der Waals surface area contributed by atoms with Gasteiger partial charge in [-0.15, -0.1) is 0 Å². The molecule has 0 saturated carbocycles. The molecule has 5 aromatic heterocycles. The first-order valence-electron chi connectivity index (χ1n) is 20.5. The second-order valence-electron chi connectivity index (χ2n) is 15.0. The lowest BCUT2D eigenvalue weighted by Crippen LogP contribution is -2.61. The fourth-order valence-electron chi connectivity index (χ4n) is 8.11. The van der Waals surface area contributed by atoms with Gasteiger partial charge < -0.3 is 24.4 Å². The first kappa shape index (κ1) is 40.1. The van der Waals surface area contributed by atoms with E-state index in [-0.39, 0.29) is 25.2 Å². The fourth-order valence-corrected chi connectivity index (χ4v) is 8.11. The van der Waals surface area contributed by atoms with Gasteiger partial charge in [-0.25, -0.2) is 33.1 Å². The van der Waals surface area contributed by atoms with Crippen LogP contribution < -0.4 is 14.5 Å². The molecule has 5 aromatic rings. The van der Waals surface area contributed by atoms with E-state index in [0.717, 1.165) is 109 Å². The summed E-state index contributed by atoms with van der Waals surface area (Å²) in [5.74, 6) is 0.594. The monoisotopic (exact) mass is 807 g/mol. The number of hydrogen-bond acceptors (Lipinski definition) is 12. The Morgan fingerprint density at radius 1 is 0.780 bits per heavy atom. The van der Waals surface area contributed by atoms with E-state index in [0.29, 0.717) is 25.0 Å². The lowest BCUT2D eigenvalue weighted by atomic mass is 9.98. The third-order valence-electron chi connectivity index (χ3n) is 11.3. The normalized spacial score (nSPS) is 20.2. The van der Waals surface area contributed by atoms with Crippen molar-refractivity contribution >= 4 is 23.1 Å². The molecular formula is C43H51F2N11O3. The summed E-state index contributed by atoms with van der Waals surface area (Å²) in [6.07, 6.45) is 14.5. The van der Waals surface area contributed by atoms with Crippen molar-refractivity contribution in [3.05, 3.63) is 90.3 Å². The molecule has 5 aliphatic rings. The zero-order valence-corrected chi connectivity index (χ0v) is 34.0. The molecule has 59 heavy (non-hydrogen) atoms. The van der Waals surface area contributed by atoms with Crippen LogP contribution in [0.15, 0.2) is 78.5 Å². The van der Waals surface area contributed by atoms with Crippen molar-refractivity contribution in [1.82, 2.24) is 39.4 Å². The lowest BCUT2D eigenvalue weighted by Gasteiger charge is -2.46. The number of allylic oxidation sites excluding steroid dienone is 1. The lowest BCUT2D eigenvalue weighted by molar-refractivity contribution is -0.148. The number of alkyl halides is 2. The number of likely N-dealkylation sites (tertiary alicyclic amines) is 1. The first-order chi connectivity index (χ1) is 28.7. The number of nitrogens with zero attached hydrogens (tertiary/aromatic N) is 11. The van der Waals surface area contributed by atoms with E-state index in [1.54, 1.807) is 13.2 Å². The third kappa shape index (κ3) is 8.41. The number of halogens is 2. The van der Waals surface area contributed by atoms with Crippen LogP contribution in [-0.4, -0.2) is 115 Å². The quantitative estimate of drug-likeness (QED) is 0.213. The number of piperidine rings is 2. The number of ether oxygens (including phenoxy) is 2. The maximum Gasteiger partial charge on any atom is 0.272 e. The number of hydrogen-bond donors (Lipinski definition) is 1. The molecule has 310 valence electrons. The highest BCUT2D eigenvalue weighted by Crippen LogP contribution is 2.36. The largest absolute Gasteiger partial charge is 0.472 e. The van der Waals surface area contributed by atoms with Crippen molar-refractivity contribution in [3.63, 3.8) is 0 Å². The van der Waals surface area contributed by atoms with Gasteiger partial charge in [-0.3, -0.25) is 9.89 Å². The van der Waals surface area contributed by atoms with Gasteiger partial charge in [0.05, 0.1) is 54.1 Å². The van der Waals surface area contributed by atoms with Crippen LogP contribution in [0.4, 0.5) is 20.4 Å². The summed E-state index contributed by atoms with van der Waals surface area (Å²) < 4.78 is 41.3. The number of pyridine rings is 3. The van der Waals surface area contributed by atoms with Crippen LogP contribution in [0.1, 0.15) is 63.3 Å². The van der Waals surface area contributed by atoms with Gasteiger partial charge in [0.1, 0.15) is 36.2 Å². The van der Waals surface area contributed by atoms with Crippen LogP contribution >= 0.6 is 0 Å². The predicted octanol–water partition coefficient (Wildman–Crippen LogP) is 6.36. The minimum atomic E-state index is -2.50. The molecule has 0 aliphatic carbocycles. The summed E-state index contributed by atoms with van der Waals surface area (Å²) in [5.41, 5.74) is 7.46. The Balaban J connectivity index is 0.000000160. The second kappa shape index (κ2) is 17.2. The zero-order chi connectivity index (χ0) is 41.1. The molecule has 0 atom stereocenters. The molecule has 5 aliphatic heterocycles. The molecule has 10 heterocycles. The minimum Gasteiger partial charge on any atom is -0.472 e. The van der Waals surface area contributed by atoms with Crippen molar-refractivity contribution in [2.45, 2.75) is 77.7 Å². The van der Waals surface area contributed by atoms with Crippen molar-refractivity contribution < 1.29 is 23.4 Å². The smallest absolute Gasteiger partial charge is 0.272 e. The van der Waals surface area contributed by atoms with Crippen LogP contribution in [-0.2, 0) is 18.0 Å². The Morgan fingerprint density at radius 2 is 1.36 bits per heavy atom. The van der Waals surface area contributed by atoms with E-state index in [1.165, 1.54) is 0 Å². The number of aromatic nitrogens is 7. The molecule has 0 unspecified atom stereocenters. The fraction of sp³-hybridized carbons (Fsp3) is 0.442. The SMILES string of the molecule is C/C=C1\C(=NC)OCc2cn(-c3ccc(N4CCC(N5CC(F)(F)C5)CC4)nc3)nc21.CC.OC1CCN(c2ccc(-n3cc4c(n3)-c3cccnc3OC4)cn2)CC1. The number of rotatable bonds is 5. The molecule has 0 spiro atoms. The van der Waals surface area contributed by atoms with Crippen LogP contribution in [0.3, 0.4) is 0 Å². The number of fused-ring (bicyclic) bond motifs is 4. The van der Waals surface area contributed by atoms with Gasteiger partial charge >= 0.3 is 0 Å². The maximum atomic E-state index is 13.1. The van der Waals surface area contributed by atoms with E-state index < -0.39 is 5.92 Å². The van der Waals surface area contributed by atoms with Gasteiger partial charge in [0.2, 0.25) is 11.8 Å². The van der Waals surface area contributed by atoms with E-state index in [4.69, 9.17) is 19.7 Å². The van der Waals surface area contributed by atoms with E-state index in [1.807, 2.05) is 102 Å². The molecule has 10 rings (SSSR count). The van der Waals surface area contributed by atoms with Gasteiger partial charge in [-0.1, -0.05) is 19.9 Å². The standard InChI is InChI=1S/C22H26F2N6O.C19H19N5O2.C2H6/c1-3-18-20-15(12-31-21(18)25-2)11-30(27-20)17-4-5-19(26-10-17)28-8-6-16(7-9-28)29-13-22(23,24)14-29;25-15-5-8-23(9-6-15)17-4-3-14(10-21-17)24-11-13-12-26-19-16(18(13)22-24)2-1-7-20-19;1-2/h3-5,10-11,16H,6-9,12-14H2,1-2H3;1-4,7,10-11,15,25H,5-6,8-9,12H2;1-2H3/b18-3-,25-21?;;. The zero-order valence-electron chi connectivity index (χ0n) is 34.0. The van der Waals surface area contributed by atoms with Gasteiger partial charge in [-0.05, 0) is 69.0 Å². The molecule has 0 aromatic carbocycles. The predicted molar refractivity (Wildman–Crippen MR) is 223 cm³/mol. The highest BCUT2D eigenvalue weighted by Gasteiger charge is 2.47. The Hall–Kier alpha value is -5.74. The molecule has 0 amide bonds. The average Bonchev–Trinajstić information content (AvgIpc) is 3.92. The van der Waals surface area contributed by atoms with Crippen molar-refractivity contribution in [3.8, 4) is 28.5 Å². The molecule has 1 N–H and O–H groups in total. The highest BCUT2D eigenvalue weighted by molar-refractivity contribution is 6.20. The average molecular weight is 808 g/mol. The summed E-state index contributed by atoms with van der Waals surface area (Å²) in [4.78, 5) is 24.0. The molecule has 14 nitrogen and oxygen atoms in total. The van der Waals surface area contributed by atoms with Crippen molar-refractivity contribution in [2.75, 3.05) is 56.1 Å². The van der Waals surface area contributed by atoms with E-state index >= 15 is 0 Å². The molecular weight excluding hydrogens is 757 g/mol. The molecule has 3 fully saturated rings. The number of aliphatic imine (C=N–C) groups is 1. The highest BCUT2D eigenvalue weighted by atomic mass is 19.3. The van der Waals surface area contributed by atoms with Gasteiger partial charge in [-0.2, -0.15) is 10.2 Å². The molecule has 3 saturated heterocycles. The Morgan fingerprint density at radius 3 is 1.92 bits per heavy atom. The van der Waals surface area contributed by atoms with Crippen molar-refractivity contribution in [2.24, 2.45) is 4.99 Å². The topological polar surface area (TPSA) is 135 Å². The van der Waals surface area contributed by atoms with Crippen LogP contribution in [0.2, 0.25) is 0 Å². The van der Waals surface area contributed by atoms with Gasteiger partial charge in [0, 0.05) is 69.0 Å². The summed E-state index contributed by atoms with van der Waals surface area (Å²) in [7, 11) is 1.71. The van der Waals surface area contributed by atoms with Crippen molar-refractivity contribution in [1.29, 1.82) is 0 Å². The number of aliphatic hydroxyl groups excluding tert-OH is 1. The Labute approximate surface area is 342 Å². The number of aliphatic hydroxyl groups is 1. The van der Waals surface area contributed by atoms with Gasteiger partial charge in [0.15, 0.2) is 0 Å². The molecule has 0 radical (unpaired) electrons. The van der Waals surface area contributed by atoms with E-state index in [2.05, 4.69) is 29.7 Å². The van der Waals surface area contributed by atoms with E-state index in [9.17, 15) is 13.9 Å². The number of anilines is 2. The minimum absolute atomic E-state index is 0.0932. The maximum absolute atomic E-state index is 13.1. The first-order valence-corrected chi connectivity index (χ1v) is 20.5. The summed E-state index contributed by atoms with van der Waals surface area (Å²) in [5, 5.41) is 19.1. The Bertz CT molecular complexity index is 2270. The molecule has 16 heteroatoms. The third-order valence-corrected chi connectivity index (χ3v) is 11.3. The van der Waals surface area contributed by atoms with Crippen LogP contribution in [0.5, 0.6) is 5.88 Å². The summed E-state index contributed by atoms with van der Waals surface area (Å²) in [6, 6.07) is 12.2. The van der Waals surface area contributed by atoms with Crippen LogP contribution in [0, 0.1) is 0 Å². The summed E-state index contributed by atoms with van der Waals surface area (Å²) >= 11 is 0. The Kier molecular flexibility index (Phi) is 11.7. The molecule has 0 bridgehead atoms. The van der Waals surface area contributed by atoms with Gasteiger partial charge in [0.25, 0.3) is 5.92 Å². The second-order valence-corrected chi connectivity index (χ2v) is 15.0.